The molecule has 4 rings (SSSR count). The van der Waals surface area contributed by atoms with E-state index in [1.807, 2.05) is 24.2 Å². The van der Waals surface area contributed by atoms with Gasteiger partial charge in [0.25, 0.3) is 0 Å². The summed E-state index contributed by atoms with van der Waals surface area (Å²) in [6.07, 6.45) is 6.74. The third-order valence-electron chi connectivity index (χ3n) is 5.06. The van der Waals surface area contributed by atoms with Crippen LogP contribution in [0.25, 0.3) is 0 Å². The third kappa shape index (κ3) is 2.12. The van der Waals surface area contributed by atoms with Crippen LogP contribution in [0.2, 0.25) is 0 Å². The van der Waals surface area contributed by atoms with Crippen molar-refractivity contribution in [2.45, 2.75) is 49.8 Å². The second-order valence-corrected chi connectivity index (χ2v) is 7.58. The Morgan fingerprint density at radius 2 is 2.09 bits per heavy atom. The minimum absolute atomic E-state index is 0.124. The molecule has 1 saturated carbocycles. The molecule has 0 amide bonds. The zero-order valence-electron chi connectivity index (χ0n) is 12.7. The van der Waals surface area contributed by atoms with E-state index in [1.54, 1.807) is 0 Å². The highest BCUT2D eigenvalue weighted by Crippen LogP contribution is 2.51. The maximum Gasteiger partial charge on any atom is 0.208 e. The number of benzene rings is 1. The summed E-state index contributed by atoms with van der Waals surface area (Å²) in [4.78, 5) is 4.80. The van der Waals surface area contributed by atoms with E-state index in [1.165, 1.54) is 19.3 Å². The topological polar surface area (TPSA) is 62.9 Å². The van der Waals surface area contributed by atoms with Crippen molar-refractivity contribution in [1.29, 1.82) is 0 Å². The molecule has 3 aliphatic rings. The number of guanidine groups is 1. The number of rotatable bonds is 0. The fourth-order valence-electron chi connectivity index (χ4n) is 4.05. The van der Waals surface area contributed by atoms with Gasteiger partial charge in [0.1, 0.15) is 11.4 Å². The quantitative estimate of drug-likeness (QED) is 0.742. The highest BCUT2D eigenvalue weighted by atomic mass is 79.9. The van der Waals surface area contributed by atoms with E-state index in [4.69, 9.17) is 15.5 Å². The molecule has 1 aliphatic carbocycles. The molecule has 2 aliphatic heterocycles. The summed E-state index contributed by atoms with van der Waals surface area (Å²) >= 11 is 3.56. The summed E-state index contributed by atoms with van der Waals surface area (Å²) in [6.45, 7) is 0. The van der Waals surface area contributed by atoms with Gasteiger partial charge in [0.2, 0.25) is 5.96 Å². The van der Waals surface area contributed by atoms with Crippen LogP contribution in [0.5, 0.6) is 5.75 Å². The Morgan fingerprint density at radius 3 is 2.77 bits per heavy atom. The van der Waals surface area contributed by atoms with Crippen LogP contribution in [-0.2, 0) is 5.66 Å². The second-order valence-electron chi connectivity index (χ2n) is 6.66. The number of hydrogen-bond acceptors (Lipinski definition) is 5. The minimum atomic E-state index is -0.506. The number of nitrogens with one attached hydrogen (secondary N) is 1. The molecule has 6 heteroatoms. The number of hydrazine groups is 1. The van der Waals surface area contributed by atoms with Gasteiger partial charge in [0.05, 0.1) is 0 Å². The molecule has 2 spiro atoms. The fourth-order valence-corrected chi connectivity index (χ4v) is 4.41. The van der Waals surface area contributed by atoms with Gasteiger partial charge in [-0.05, 0) is 43.9 Å². The van der Waals surface area contributed by atoms with Crippen molar-refractivity contribution in [2.75, 3.05) is 7.05 Å². The van der Waals surface area contributed by atoms with Crippen LogP contribution in [0.4, 0.5) is 0 Å². The Labute approximate surface area is 139 Å². The molecular formula is C16H21BrN4O. The van der Waals surface area contributed by atoms with Gasteiger partial charge in [-0.2, -0.15) is 0 Å². The van der Waals surface area contributed by atoms with Crippen molar-refractivity contribution in [3.8, 4) is 5.75 Å². The smallest absolute Gasteiger partial charge is 0.208 e. The second kappa shape index (κ2) is 4.86. The molecule has 1 aromatic rings. The summed E-state index contributed by atoms with van der Waals surface area (Å²) in [6, 6.07) is 6.16. The van der Waals surface area contributed by atoms with Gasteiger partial charge in [-0.1, -0.05) is 22.4 Å². The van der Waals surface area contributed by atoms with Crippen LogP contribution in [0.1, 0.15) is 44.1 Å². The van der Waals surface area contributed by atoms with Crippen molar-refractivity contribution < 1.29 is 4.74 Å². The molecule has 1 unspecified atom stereocenters. The standard InChI is InChI=1S/C16H21BrN4O/c1-21-14(18)19-16(20-21)10-15(7-3-2-4-8-15)22-13-6-5-11(17)9-12(13)16/h5-6,9,20H,2-4,7-8,10H2,1H3,(H2,18,19). The Kier molecular flexibility index (Phi) is 3.17. The van der Waals surface area contributed by atoms with Crippen molar-refractivity contribution in [3.63, 3.8) is 0 Å². The average molecular weight is 365 g/mol. The minimum Gasteiger partial charge on any atom is -0.487 e. The predicted molar refractivity (Wildman–Crippen MR) is 89.4 cm³/mol. The molecular weight excluding hydrogens is 344 g/mol. The Morgan fingerprint density at radius 1 is 1.32 bits per heavy atom. The van der Waals surface area contributed by atoms with Gasteiger partial charge in [0.15, 0.2) is 5.66 Å². The normalized spacial score (nSPS) is 29.4. The maximum atomic E-state index is 6.48. The molecule has 22 heavy (non-hydrogen) atoms. The van der Waals surface area contributed by atoms with E-state index >= 15 is 0 Å². The van der Waals surface area contributed by atoms with Crippen molar-refractivity contribution in [2.24, 2.45) is 10.7 Å². The van der Waals surface area contributed by atoms with Gasteiger partial charge in [-0.25, -0.2) is 10.4 Å². The SMILES string of the molecule is CN1NC2(CC3(CCCCC3)Oc3ccc(Br)cc32)N=C1N. The first-order valence-corrected chi connectivity index (χ1v) is 8.67. The van der Waals surface area contributed by atoms with Crippen LogP contribution in [0, 0.1) is 0 Å². The van der Waals surface area contributed by atoms with Gasteiger partial charge >= 0.3 is 0 Å². The number of fused-ring (bicyclic) bond motifs is 2. The number of hydrogen-bond donors (Lipinski definition) is 2. The molecule has 1 aromatic carbocycles. The summed E-state index contributed by atoms with van der Waals surface area (Å²) in [5.74, 6) is 1.45. The largest absolute Gasteiger partial charge is 0.487 e. The first-order chi connectivity index (χ1) is 10.5. The van der Waals surface area contributed by atoms with Crippen LogP contribution < -0.4 is 15.9 Å². The molecule has 0 aromatic heterocycles. The molecule has 0 bridgehead atoms. The molecule has 2 heterocycles. The Balaban J connectivity index is 1.84. The lowest BCUT2D eigenvalue weighted by Gasteiger charge is -2.47. The van der Waals surface area contributed by atoms with Crippen molar-refractivity contribution >= 4 is 21.9 Å². The highest BCUT2D eigenvalue weighted by molar-refractivity contribution is 9.10. The molecule has 1 fully saturated rings. The van der Waals surface area contributed by atoms with E-state index < -0.39 is 5.66 Å². The molecule has 3 N–H and O–H groups in total. The highest BCUT2D eigenvalue weighted by Gasteiger charge is 2.52. The molecule has 5 nitrogen and oxygen atoms in total. The van der Waals surface area contributed by atoms with E-state index in [-0.39, 0.29) is 5.60 Å². The zero-order chi connectivity index (χ0) is 15.4. The van der Waals surface area contributed by atoms with E-state index in [0.29, 0.717) is 5.96 Å². The summed E-state index contributed by atoms with van der Waals surface area (Å²) in [7, 11) is 1.91. The fraction of sp³-hybridized carbons (Fsp3) is 0.562. The summed E-state index contributed by atoms with van der Waals surface area (Å²) in [5, 5.41) is 1.81. The van der Waals surface area contributed by atoms with Crippen LogP contribution in [-0.4, -0.2) is 23.6 Å². The maximum absolute atomic E-state index is 6.48. The van der Waals surface area contributed by atoms with Crippen molar-refractivity contribution in [1.82, 2.24) is 10.4 Å². The summed E-state index contributed by atoms with van der Waals surface area (Å²) in [5.41, 5.74) is 9.97. The van der Waals surface area contributed by atoms with Crippen LogP contribution in [0.3, 0.4) is 0 Å². The summed E-state index contributed by atoms with van der Waals surface area (Å²) < 4.78 is 7.51. The number of halogens is 1. The van der Waals surface area contributed by atoms with Crippen LogP contribution in [0.15, 0.2) is 27.7 Å². The van der Waals surface area contributed by atoms with E-state index in [9.17, 15) is 0 Å². The number of nitrogens with two attached hydrogens (primary N) is 1. The number of ether oxygens (including phenoxy) is 1. The van der Waals surface area contributed by atoms with E-state index in [2.05, 4.69) is 27.4 Å². The molecule has 0 radical (unpaired) electrons. The molecule has 118 valence electrons. The average Bonchev–Trinajstić information content (AvgIpc) is 2.76. The van der Waals surface area contributed by atoms with Gasteiger partial charge < -0.3 is 10.5 Å². The zero-order valence-corrected chi connectivity index (χ0v) is 14.3. The van der Waals surface area contributed by atoms with Gasteiger partial charge in [0, 0.05) is 23.5 Å². The van der Waals surface area contributed by atoms with Crippen molar-refractivity contribution in [3.05, 3.63) is 28.2 Å². The van der Waals surface area contributed by atoms with E-state index in [0.717, 1.165) is 35.0 Å². The lowest BCUT2D eigenvalue weighted by molar-refractivity contribution is -0.0299. The molecule has 1 atom stereocenters. The lowest BCUT2D eigenvalue weighted by atomic mass is 9.74. The monoisotopic (exact) mass is 364 g/mol. The Bertz CT molecular complexity index is 641. The Hall–Kier alpha value is -1.27. The lowest BCUT2D eigenvalue weighted by Crippen LogP contribution is -2.55. The number of aliphatic imine (C=N–C) groups is 1. The first-order valence-electron chi connectivity index (χ1n) is 7.88. The number of nitrogens with zero attached hydrogens (tertiary/aromatic N) is 2. The first kappa shape index (κ1) is 14.3. The predicted octanol–water partition coefficient (Wildman–Crippen LogP) is 2.85. The third-order valence-corrected chi connectivity index (χ3v) is 5.55. The van der Waals surface area contributed by atoms with Gasteiger partial charge in [-0.15, -0.1) is 0 Å². The van der Waals surface area contributed by atoms with Crippen LogP contribution >= 0.6 is 15.9 Å². The molecule has 0 saturated heterocycles. The van der Waals surface area contributed by atoms with Gasteiger partial charge in [-0.3, -0.25) is 5.01 Å².